The third kappa shape index (κ3) is 1.68. The van der Waals surface area contributed by atoms with Crippen LogP contribution in [0.4, 0.5) is 5.82 Å². The van der Waals surface area contributed by atoms with Crippen LogP contribution in [0.2, 0.25) is 0 Å². The van der Waals surface area contributed by atoms with Gasteiger partial charge in [0.25, 0.3) is 0 Å². The van der Waals surface area contributed by atoms with Crippen LogP contribution < -0.4 is 10.2 Å². The van der Waals surface area contributed by atoms with Crippen molar-refractivity contribution in [3.05, 3.63) is 22.9 Å². The summed E-state index contributed by atoms with van der Waals surface area (Å²) in [5.41, 5.74) is 0.263. The molecular formula is C10H12BrN5. The number of fused-ring (bicyclic) bond motifs is 1. The van der Waals surface area contributed by atoms with E-state index < -0.39 is 26.0 Å². The first-order valence-corrected chi connectivity index (χ1v) is 5.20. The molecule has 0 radical (unpaired) electrons. The molecule has 0 aliphatic carbocycles. The van der Waals surface area contributed by atoms with Gasteiger partial charge in [0.2, 0.25) is 0 Å². The molecule has 0 spiro atoms. The zero-order valence-corrected chi connectivity index (χ0v) is 9.48. The molecule has 1 saturated heterocycles. The maximum atomic E-state index is 8.05. The van der Waals surface area contributed by atoms with E-state index in [4.69, 9.17) is 11.0 Å². The summed E-state index contributed by atoms with van der Waals surface area (Å²) in [7, 11) is 0. The van der Waals surface area contributed by atoms with E-state index in [-0.39, 0.29) is 11.5 Å². The minimum absolute atomic E-state index is 0.257. The van der Waals surface area contributed by atoms with Gasteiger partial charge in [-0.1, -0.05) is 0 Å². The zero-order chi connectivity index (χ0) is 18.1. The lowest BCUT2D eigenvalue weighted by molar-refractivity contribution is 0.585. The SMILES string of the molecule is [2H]C1([2H])NC([2H])([2H])C([2H])([2H])N(c2ccn3ncc(Br)c3n2)C1([2H])[2H]. The van der Waals surface area contributed by atoms with E-state index in [1.165, 1.54) is 23.0 Å². The highest BCUT2D eigenvalue weighted by molar-refractivity contribution is 9.10. The van der Waals surface area contributed by atoms with Gasteiger partial charge in [-0.2, -0.15) is 5.10 Å². The molecule has 1 N–H and O–H groups in total. The lowest BCUT2D eigenvalue weighted by Crippen LogP contribution is -2.43. The largest absolute Gasteiger partial charge is 0.354 e. The van der Waals surface area contributed by atoms with Crippen LogP contribution in [-0.2, 0) is 0 Å². The Hall–Kier alpha value is -1.14. The number of nitrogens with one attached hydrogen (secondary N) is 1. The average molecular weight is 290 g/mol. The Morgan fingerprint density at radius 3 is 3.06 bits per heavy atom. The van der Waals surface area contributed by atoms with Crippen LogP contribution in [0.1, 0.15) is 11.0 Å². The molecule has 5 nitrogen and oxygen atoms in total. The van der Waals surface area contributed by atoms with Crippen LogP contribution in [0.3, 0.4) is 0 Å². The molecule has 0 amide bonds. The highest BCUT2D eigenvalue weighted by atomic mass is 79.9. The van der Waals surface area contributed by atoms with Crippen LogP contribution in [-0.4, -0.2) is 40.6 Å². The normalized spacial score (nSPS) is 36.9. The average Bonchev–Trinajstić information content (AvgIpc) is 2.77. The second kappa shape index (κ2) is 4.03. The van der Waals surface area contributed by atoms with Crippen LogP contribution in [0, 0.1) is 0 Å². The van der Waals surface area contributed by atoms with E-state index in [0.717, 1.165) is 0 Å². The van der Waals surface area contributed by atoms with Crippen molar-refractivity contribution >= 4 is 27.4 Å². The van der Waals surface area contributed by atoms with Crippen LogP contribution >= 0.6 is 15.9 Å². The molecule has 2 aromatic heterocycles. The molecule has 0 aromatic carbocycles. The van der Waals surface area contributed by atoms with Gasteiger partial charge in [-0.25, -0.2) is 9.50 Å². The summed E-state index contributed by atoms with van der Waals surface area (Å²) in [6.07, 6.45) is 2.85. The van der Waals surface area contributed by atoms with Gasteiger partial charge in [-0.15, -0.1) is 0 Å². The number of piperazine rings is 1. The number of hydrogen-bond donors (Lipinski definition) is 1. The first-order chi connectivity index (χ1) is 10.8. The Bertz CT molecular complexity index is 780. The summed E-state index contributed by atoms with van der Waals surface area (Å²) in [6.45, 7) is -11.6. The molecule has 3 heterocycles. The van der Waals surface area contributed by atoms with Crippen LogP contribution in [0.25, 0.3) is 5.65 Å². The van der Waals surface area contributed by atoms with E-state index in [9.17, 15) is 0 Å². The number of anilines is 1. The van der Waals surface area contributed by atoms with Gasteiger partial charge in [0.05, 0.1) is 16.2 Å². The van der Waals surface area contributed by atoms with Crippen molar-refractivity contribution in [3.8, 4) is 0 Å². The molecule has 0 unspecified atom stereocenters. The second-order valence-electron chi connectivity index (χ2n) is 2.98. The summed E-state index contributed by atoms with van der Waals surface area (Å²) < 4.78 is 65.2. The molecule has 1 aliphatic heterocycles. The minimum Gasteiger partial charge on any atom is -0.354 e. The predicted molar refractivity (Wildman–Crippen MR) is 65.8 cm³/mol. The van der Waals surface area contributed by atoms with E-state index in [0.29, 0.717) is 9.37 Å². The molecule has 6 heteroatoms. The summed E-state index contributed by atoms with van der Waals surface area (Å²) >= 11 is 3.21. The number of hydrogen-bond acceptors (Lipinski definition) is 4. The van der Waals surface area contributed by atoms with Crippen LogP contribution in [0.15, 0.2) is 22.9 Å². The fraction of sp³-hybridized carbons (Fsp3) is 0.400. The van der Waals surface area contributed by atoms with Gasteiger partial charge in [0, 0.05) is 37.7 Å². The molecule has 84 valence electrons. The fourth-order valence-corrected chi connectivity index (χ4v) is 1.66. The van der Waals surface area contributed by atoms with Gasteiger partial charge in [0.15, 0.2) is 5.65 Å². The molecule has 0 saturated carbocycles. The second-order valence-corrected chi connectivity index (χ2v) is 3.83. The zero-order valence-electron chi connectivity index (χ0n) is 15.9. The van der Waals surface area contributed by atoms with E-state index in [1.54, 1.807) is 5.32 Å². The Balaban J connectivity index is 2.25. The van der Waals surface area contributed by atoms with Crippen molar-refractivity contribution < 1.29 is 11.0 Å². The predicted octanol–water partition coefficient (Wildman–Crippen LogP) is 0.901. The smallest absolute Gasteiger partial charge is 0.171 e. The maximum Gasteiger partial charge on any atom is 0.171 e. The van der Waals surface area contributed by atoms with Crippen molar-refractivity contribution in [1.29, 1.82) is 0 Å². The highest BCUT2D eigenvalue weighted by Gasteiger charge is 2.12. The first kappa shape index (κ1) is 4.62. The molecule has 0 bridgehead atoms. The first-order valence-electron chi connectivity index (χ1n) is 8.41. The molecule has 0 atom stereocenters. The van der Waals surface area contributed by atoms with Crippen molar-refractivity contribution in [2.45, 2.75) is 0 Å². The fourth-order valence-electron chi connectivity index (χ4n) is 1.30. The monoisotopic (exact) mass is 289 g/mol. The number of halogens is 1. The Morgan fingerprint density at radius 1 is 1.44 bits per heavy atom. The molecule has 3 rings (SSSR count). The lowest BCUT2D eigenvalue weighted by Gasteiger charge is -2.28. The van der Waals surface area contributed by atoms with Crippen LogP contribution in [0.5, 0.6) is 0 Å². The summed E-state index contributed by atoms with van der Waals surface area (Å²) in [6, 6.07) is 1.25. The van der Waals surface area contributed by atoms with Crippen molar-refractivity contribution in [1.82, 2.24) is 19.9 Å². The number of aromatic nitrogens is 3. The molecular weight excluding hydrogens is 270 g/mol. The van der Waals surface area contributed by atoms with Gasteiger partial charge in [0.1, 0.15) is 5.82 Å². The van der Waals surface area contributed by atoms with E-state index >= 15 is 0 Å². The van der Waals surface area contributed by atoms with Crippen molar-refractivity contribution in [3.63, 3.8) is 0 Å². The molecule has 16 heavy (non-hydrogen) atoms. The summed E-state index contributed by atoms with van der Waals surface area (Å²) in [5, 5.41) is 5.75. The number of nitrogens with zero attached hydrogens (tertiary/aromatic N) is 4. The quantitative estimate of drug-likeness (QED) is 0.847. The topological polar surface area (TPSA) is 45.5 Å². The third-order valence-corrected chi connectivity index (χ3v) is 2.56. The lowest BCUT2D eigenvalue weighted by atomic mass is 10.3. The molecule has 1 aliphatic rings. The van der Waals surface area contributed by atoms with Gasteiger partial charge in [-0.3, -0.25) is 0 Å². The molecule has 1 fully saturated rings. The Kier molecular flexibility index (Phi) is 1.16. The van der Waals surface area contributed by atoms with Crippen molar-refractivity contribution in [2.24, 2.45) is 0 Å². The van der Waals surface area contributed by atoms with E-state index in [1.807, 2.05) is 0 Å². The number of rotatable bonds is 1. The molecule has 2 aromatic rings. The highest BCUT2D eigenvalue weighted by Crippen LogP contribution is 2.19. The van der Waals surface area contributed by atoms with Gasteiger partial charge < -0.3 is 10.2 Å². The maximum absolute atomic E-state index is 8.05. The Morgan fingerprint density at radius 2 is 2.25 bits per heavy atom. The third-order valence-electron chi connectivity index (χ3n) is 2.00. The standard InChI is InChI=1S/C10H12BrN5/c11-8-7-13-16-4-1-9(14-10(8)16)15-5-2-12-3-6-15/h1,4,7,12H,2-3,5-6H2/i2D2,3D2,5D2,6D2. The summed E-state index contributed by atoms with van der Waals surface area (Å²) in [5.74, 6) is -0.257. The van der Waals surface area contributed by atoms with E-state index in [2.05, 4.69) is 26.0 Å². The minimum atomic E-state index is -2.92. The Labute approximate surface area is 113 Å². The van der Waals surface area contributed by atoms with Gasteiger partial charge >= 0.3 is 0 Å². The summed E-state index contributed by atoms with van der Waals surface area (Å²) in [4.78, 5) is 4.50. The van der Waals surface area contributed by atoms with Crippen molar-refractivity contribution in [2.75, 3.05) is 30.9 Å². The van der Waals surface area contributed by atoms with Gasteiger partial charge in [-0.05, 0) is 22.0 Å².